The van der Waals surface area contributed by atoms with Gasteiger partial charge < -0.3 is 9.84 Å². The molecular formula is C13H17NO3S. The predicted octanol–water partition coefficient (Wildman–Crippen LogP) is 2.26. The van der Waals surface area contributed by atoms with Gasteiger partial charge in [-0.05, 0) is 24.1 Å². The molecule has 0 radical (unpaired) electrons. The molecule has 1 aliphatic rings. The third-order valence-corrected chi connectivity index (χ3v) is 4.00. The topological polar surface area (TPSA) is 58.6 Å². The molecule has 0 amide bonds. The van der Waals surface area contributed by atoms with Gasteiger partial charge in [-0.15, -0.1) is 11.8 Å². The minimum atomic E-state index is -0.784. The van der Waals surface area contributed by atoms with Crippen LogP contribution in [0.15, 0.2) is 24.3 Å². The fourth-order valence-corrected chi connectivity index (χ4v) is 3.00. The fourth-order valence-electron chi connectivity index (χ4n) is 1.77. The van der Waals surface area contributed by atoms with Crippen LogP contribution in [-0.2, 0) is 4.79 Å². The second-order valence-electron chi connectivity index (χ2n) is 4.19. The van der Waals surface area contributed by atoms with E-state index in [4.69, 9.17) is 9.84 Å². The van der Waals surface area contributed by atoms with Crippen molar-refractivity contribution in [1.29, 1.82) is 0 Å². The number of benzene rings is 1. The van der Waals surface area contributed by atoms with Gasteiger partial charge in [0.05, 0.1) is 12.0 Å². The van der Waals surface area contributed by atoms with Crippen LogP contribution >= 0.6 is 11.8 Å². The Morgan fingerprint density at radius 2 is 2.22 bits per heavy atom. The number of aliphatic carboxylic acids is 1. The van der Waals surface area contributed by atoms with Crippen molar-refractivity contribution in [3.63, 3.8) is 0 Å². The quantitative estimate of drug-likeness (QED) is 0.857. The highest BCUT2D eigenvalue weighted by atomic mass is 32.2. The average Bonchev–Trinajstić information content (AvgIpc) is 2.87. The van der Waals surface area contributed by atoms with E-state index >= 15 is 0 Å². The van der Waals surface area contributed by atoms with E-state index < -0.39 is 12.0 Å². The molecule has 1 aromatic carbocycles. The summed E-state index contributed by atoms with van der Waals surface area (Å²) < 4.78 is 5.51. The minimum absolute atomic E-state index is 0.0614. The Morgan fingerprint density at radius 3 is 2.78 bits per heavy atom. The minimum Gasteiger partial charge on any atom is -0.494 e. The number of carboxylic acid groups (broad SMARTS) is 1. The summed E-state index contributed by atoms with van der Waals surface area (Å²) in [6, 6.07) is 7.39. The van der Waals surface area contributed by atoms with Crippen LogP contribution in [0.1, 0.15) is 24.3 Å². The summed E-state index contributed by atoms with van der Waals surface area (Å²) in [6.45, 7) is 2.79. The number of nitrogens with one attached hydrogen (secondary N) is 1. The number of rotatable bonds is 5. The molecule has 2 N–H and O–H groups in total. The molecule has 2 atom stereocenters. The van der Waals surface area contributed by atoms with Gasteiger partial charge in [-0.1, -0.05) is 19.1 Å². The van der Waals surface area contributed by atoms with Gasteiger partial charge in [0.1, 0.15) is 11.8 Å². The Balaban J connectivity index is 1.96. The molecule has 0 spiro atoms. The highest BCUT2D eigenvalue weighted by molar-refractivity contribution is 7.99. The van der Waals surface area contributed by atoms with Crippen molar-refractivity contribution in [2.45, 2.75) is 24.8 Å². The molecular weight excluding hydrogens is 250 g/mol. The van der Waals surface area contributed by atoms with Crippen molar-refractivity contribution in [2.75, 3.05) is 12.4 Å². The molecule has 1 fully saturated rings. The van der Waals surface area contributed by atoms with Crippen LogP contribution in [0.25, 0.3) is 0 Å². The van der Waals surface area contributed by atoms with Gasteiger partial charge in [-0.2, -0.15) is 0 Å². The second kappa shape index (κ2) is 6.11. The van der Waals surface area contributed by atoms with Crippen LogP contribution in [0.5, 0.6) is 5.75 Å². The molecule has 0 saturated carbocycles. The molecule has 1 saturated heterocycles. The highest BCUT2D eigenvalue weighted by Gasteiger charge is 2.30. The summed E-state index contributed by atoms with van der Waals surface area (Å²) in [4.78, 5) is 10.9. The maximum atomic E-state index is 10.9. The monoisotopic (exact) mass is 267 g/mol. The van der Waals surface area contributed by atoms with Crippen LogP contribution in [0.2, 0.25) is 0 Å². The zero-order valence-electron chi connectivity index (χ0n) is 10.3. The van der Waals surface area contributed by atoms with Crippen molar-refractivity contribution >= 4 is 17.7 Å². The summed E-state index contributed by atoms with van der Waals surface area (Å²) in [5, 5.41) is 12.1. The van der Waals surface area contributed by atoms with E-state index in [1.165, 1.54) is 0 Å². The van der Waals surface area contributed by atoms with Crippen molar-refractivity contribution in [2.24, 2.45) is 0 Å². The number of hydrogen-bond acceptors (Lipinski definition) is 4. The molecule has 4 nitrogen and oxygen atoms in total. The number of carbonyl (C=O) groups is 1. The Kier molecular flexibility index (Phi) is 4.49. The van der Waals surface area contributed by atoms with E-state index in [0.29, 0.717) is 5.75 Å². The lowest BCUT2D eigenvalue weighted by Crippen LogP contribution is -2.33. The SMILES string of the molecule is CCCOc1ccc(C2N[C@H](C(=O)O)CS2)cc1. The highest BCUT2D eigenvalue weighted by Crippen LogP contribution is 2.33. The van der Waals surface area contributed by atoms with Crippen LogP contribution in [0.4, 0.5) is 0 Å². The molecule has 1 aliphatic heterocycles. The molecule has 0 aromatic heterocycles. The van der Waals surface area contributed by atoms with Crippen LogP contribution in [0.3, 0.4) is 0 Å². The molecule has 0 aliphatic carbocycles. The van der Waals surface area contributed by atoms with Gasteiger partial charge in [0.2, 0.25) is 0 Å². The number of carboxylic acids is 1. The zero-order chi connectivity index (χ0) is 13.0. The van der Waals surface area contributed by atoms with Gasteiger partial charge in [0, 0.05) is 5.75 Å². The first-order valence-electron chi connectivity index (χ1n) is 6.04. The van der Waals surface area contributed by atoms with Crippen molar-refractivity contribution in [3.8, 4) is 5.75 Å². The molecule has 1 aromatic rings. The number of ether oxygens (including phenoxy) is 1. The standard InChI is InChI=1S/C13H17NO3S/c1-2-7-17-10-5-3-9(4-6-10)12-14-11(8-18-12)13(15)16/h3-6,11-12,14H,2,7-8H2,1H3,(H,15,16)/t11-,12?/m0/s1. The van der Waals surface area contributed by atoms with E-state index in [-0.39, 0.29) is 5.37 Å². The fraction of sp³-hybridized carbons (Fsp3) is 0.462. The summed E-state index contributed by atoms with van der Waals surface area (Å²) in [7, 11) is 0. The molecule has 1 unspecified atom stereocenters. The van der Waals surface area contributed by atoms with Gasteiger partial charge in [0.25, 0.3) is 0 Å². The maximum absolute atomic E-state index is 10.9. The molecule has 0 bridgehead atoms. The molecule has 98 valence electrons. The smallest absolute Gasteiger partial charge is 0.321 e. The largest absolute Gasteiger partial charge is 0.494 e. The summed E-state index contributed by atoms with van der Waals surface area (Å²) in [5.74, 6) is 0.681. The Morgan fingerprint density at radius 1 is 1.50 bits per heavy atom. The maximum Gasteiger partial charge on any atom is 0.321 e. The first-order valence-corrected chi connectivity index (χ1v) is 7.09. The average molecular weight is 267 g/mol. The van der Waals surface area contributed by atoms with Gasteiger partial charge in [-0.25, -0.2) is 0 Å². The Hall–Kier alpha value is -1.20. The van der Waals surface area contributed by atoms with Crippen molar-refractivity contribution < 1.29 is 14.6 Å². The second-order valence-corrected chi connectivity index (χ2v) is 5.33. The zero-order valence-corrected chi connectivity index (χ0v) is 11.1. The van der Waals surface area contributed by atoms with E-state index in [1.54, 1.807) is 11.8 Å². The van der Waals surface area contributed by atoms with Crippen molar-refractivity contribution in [1.82, 2.24) is 5.32 Å². The predicted molar refractivity (Wildman–Crippen MR) is 72.0 cm³/mol. The van der Waals surface area contributed by atoms with Gasteiger partial charge in [-0.3, -0.25) is 10.1 Å². The Labute approximate surface area is 111 Å². The molecule has 5 heteroatoms. The first kappa shape index (κ1) is 13.2. The Bertz CT molecular complexity index is 407. The van der Waals surface area contributed by atoms with E-state index in [2.05, 4.69) is 12.2 Å². The molecule has 2 rings (SSSR count). The lowest BCUT2D eigenvalue weighted by Gasteiger charge is -2.12. The number of thioether (sulfide) groups is 1. The molecule has 18 heavy (non-hydrogen) atoms. The van der Waals surface area contributed by atoms with Gasteiger partial charge in [0.15, 0.2) is 0 Å². The first-order chi connectivity index (χ1) is 8.70. The third kappa shape index (κ3) is 3.17. The van der Waals surface area contributed by atoms with E-state index in [9.17, 15) is 4.79 Å². The summed E-state index contributed by atoms with van der Waals surface area (Å²) in [6.07, 6.45) is 0.988. The summed E-state index contributed by atoms with van der Waals surface area (Å²) >= 11 is 1.62. The van der Waals surface area contributed by atoms with Crippen LogP contribution < -0.4 is 10.1 Å². The van der Waals surface area contributed by atoms with Crippen LogP contribution in [0, 0.1) is 0 Å². The number of hydrogen-bond donors (Lipinski definition) is 2. The lowest BCUT2D eigenvalue weighted by molar-refractivity contribution is -0.138. The van der Waals surface area contributed by atoms with E-state index in [0.717, 1.165) is 24.3 Å². The van der Waals surface area contributed by atoms with Gasteiger partial charge >= 0.3 is 5.97 Å². The van der Waals surface area contributed by atoms with Crippen molar-refractivity contribution in [3.05, 3.63) is 29.8 Å². The van der Waals surface area contributed by atoms with E-state index in [1.807, 2.05) is 24.3 Å². The van der Waals surface area contributed by atoms with Crippen LogP contribution in [-0.4, -0.2) is 29.5 Å². The molecule has 1 heterocycles. The lowest BCUT2D eigenvalue weighted by atomic mass is 10.2. The third-order valence-electron chi connectivity index (χ3n) is 2.74. The normalized spacial score (nSPS) is 22.9. The summed E-state index contributed by atoms with van der Waals surface area (Å²) in [5.41, 5.74) is 1.09.